The van der Waals surface area contributed by atoms with Crippen LogP contribution >= 0.6 is 0 Å². The molecule has 1 heterocycles. The number of hydrogen-bond acceptors (Lipinski definition) is 5. The van der Waals surface area contributed by atoms with Crippen molar-refractivity contribution in [3.05, 3.63) is 11.9 Å². The number of rotatable bonds is 8. The molecule has 0 spiro atoms. The van der Waals surface area contributed by atoms with Gasteiger partial charge in [0.1, 0.15) is 18.0 Å². The van der Waals surface area contributed by atoms with Crippen LogP contribution < -0.4 is 16.8 Å². The van der Waals surface area contributed by atoms with Crippen molar-refractivity contribution in [3.8, 4) is 0 Å². The van der Waals surface area contributed by atoms with Crippen molar-refractivity contribution in [2.45, 2.75) is 39.0 Å². The molecule has 0 atom stereocenters. The molecule has 6 heteroatoms. The maximum absolute atomic E-state index is 10.6. The minimum absolute atomic E-state index is 0.257. The van der Waals surface area contributed by atoms with E-state index in [1.54, 1.807) is 0 Å². The first-order chi connectivity index (χ1) is 8.65. The highest BCUT2D eigenvalue weighted by Gasteiger charge is 2.07. The summed E-state index contributed by atoms with van der Waals surface area (Å²) in [5, 5.41) is 3.23. The molecule has 5 N–H and O–H groups in total. The van der Waals surface area contributed by atoms with Gasteiger partial charge in [0, 0.05) is 18.5 Å². The first kappa shape index (κ1) is 14.2. The van der Waals surface area contributed by atoms with Crippen molar-refractivity contribution in [2.24, 2.45) is 5.73 Å². The Bertz CT molecular complexity index is 394. The number of carbonyl (C=O) groups is 1. The van der Waals surface area contributed by atoms with Crippen LogP contribution in [0.3, 0.4) is 0 Å². The number of amides is 1. The van der Waals surface area contributed by atoms with Crippen molar-refractivity contribution in [3.63, 3.8) is 0 Å². The smallest absolute Gasteiger partial charge is 0.217 e. The number of nitrogens with two attached hydrogens (primary N) is 2. The van der Waals surface area contributed by atoms with E-state index in [2.05, 4.69) is 22.2 Å². The molecule has 0 saturated heterocycles. The van der Waals surface area contributed by atoms with E-state index in [4.69, 9.17) is 11.5 Å². The molecule has 6 nitrogen and oxygen atoms in total. The number of aromatic nitrogens is 2. The largest absolute Gasteiger partial charge is 0.383 e. The molecule has 0 aliphatic heterocycles. The van der Waals surface area contributed by atoms with Crippen LogP contribution in [-0.2, 0) is 11.2 Å². The molecule has 0 aromatic carbocycles. The van der Waals surface area contributed by atoms with E-state index >= 15 is 0 Å². The Morgan fingerprint density at radius 2 is 2.17 bits per heavy atom. The fourth-order valence-corrected chi connectivity index (χ4v) is 1.71. The van der Waals surface area contributed by atoms with E-state index in [1.165, 1.54) is 6.33 Å². The highest BCUT2D eigenvalue weighted by Crippen LogP contribution is 2.18. The van der Waals surface area contributed by atoms with Gasteiger partial charge in [-0.25, -0.2) is 9.97 Å². The lowest BCUT2D eigenvalue weighted by Crippen LogP contribution is -2.12. The summed E-state index contributed by atoms with van der Waals surface area (Å²) in [7, 11) is 0. The summed E-state index contributed by atoms with van der Waals surface area (Å²) in [6.45, 7) is 2.84. The molecule has 0 unspecified atom stereocenters. The summed E-state index contributed by atoms with van der Waals surface area (Å²) in [6, 6.07) is 0. The third-order valence-electron chi connectivity index (χ3n) is 2.62. The number of nitrogens with one attached hydrogen (secondary N) is 1. The van der Waals surface area contributed by atoms with E-state index in [0.717, 1.165) is 43.6 Å². The summed E-state index contributed by atoms with van der Waals surface area (Å²) in [5.74, 6) is 1.07. The van der Waals surface area contributed by atoms with Gasteiger partial charge in [-0.05, 0) is 19.3 Å². The van der Waals surface area contributed by atoms with Gasteiger partial charge in [0.05, 0.1) is 0 Å². The van der Waals surface area contributed by atoms with Crippen LogP contribution in [0.25, 0.3) is 0 Å². The van der Waals surface area contributed by atoms with Gasteiger partial charge in [-0.1, -0.05) is 13.3 Å². The van der Waals surface area contributed by atoms with Crippen molar-refractivity contribution in [2.75, 3.05) is 17.6 Å². The first-order valence-electron chi connectivity index (χ1n) is 6.26. The lowest BCUT2D eigenvalue weighted by Gasteiger charge is -2.11. The average molecular weight is 251 g/mol. The zero-order valence-electron chi connectivity index (χ0n) is 10.8. The summed E-state index contributed by atoms with van der Waals surface area (Å²) in [4.78, 5) is 18.8. The number of primary amides is 1. The molecule has 0 aliphatic carbocycles. The second kappa shape index (κ2) is 7.47. The third-order valence-corrected chi connectivity index (χ3v) is 2.62. The molecule has 1 rings (SSSR count). The quantitative estimate of drug-likeness (QED) is 0.599. The molecule has 1 aromatic heterocycles. The van der Waals surface area contributed by atoms with Crippen molar-refractivity contribution in [1.82, 2.24) is 9.97 Å². The van der Waals surface area contributed by atoms with Gasteiger partial charge in [-0.2, -0.15) is 0 Å². The molecule has 0 saturated carbocycles. The monoisotopic (exact) mass is 251 g/mol. The van der Waals surface area contributed by atoms with Gasteiger partial charge in [-0.15, -0.1) is 0 Å². The normalized spacial score (nSPS) is 10.3. The van der Waals surface area contributed by atoms with Crippen LogP contribution in [-0.4, -0.2) is 22.4 Å². The zero-order valence-corrected chi connectivity index (χ0v) is 10.8. The molecule has 0 fully saturated rings. The van der Waals surface area contributed by atoms with Crippen LogP contribution in [0, 0.1) is 0 Å². The molecular weight excluding hydrogens is 230 g/mol. The van der Waals surface area contributed by atoms with Crippen molar-refractivity contribution in [1.29, 1.82) is 0 Å². The van der Waals surface area contributed by atoms with Crippen LogP contribution in [0.1, 0.15) is 38.2 Å². The lowest BCUT2D eigenvalue weighted by molar-refractivity contribution is -0.118. The predicted molar refractivity (Wildman–Crippen MR) is 72.0 cm³/mol. The number of nitrogen functional groups attached to an aromatic ring is 1. The van der Waals surface area contributed by atoms with E-state index in [9.17, 15) is 4.79 Å². The maximum atomic E-state index is 10.6. The second-order valence-electron chi connectivity index (χ2n) is 4.19. The Hall–Kier alpha value is -1.85. The van der Waals surface area contributed by atoms with E-state index in [-0.39, 0.29) is 5.91 Å². The summed E-state index contributed by atoms with van der Waals surface area (Å²) in [6.07, 6.45) is 5.39. The molecule has 0 aliphatic rings. The van der Waals surface area contributed by atoms with E-state index in [0.29, 0.717) is 12.2 Å². The predicted octanol–water partition coefficient (Wildman–Crippen LogP) is 1.08. The fraction of sp³-hybridized carbons (Fsp3) is 0.583. The minimum Gasteiger partial charge on any atom is -0.383 e. The molecule has 1 aromatic rings. The SMILES string of the molecule is CCCc1c(N)ncnc1NCCCCC(N)=O. The summed E-state index contributed by atoms with van der Waals surface area (Å²) < 4.78 is 0. The first-order valence-corrected chi connectivity index (χ1v) is 6.26. The Kier molecular flexibility index (Phi) is 5.90. The Morgan fingerprint density at radius 3 is 2.83 bits per heavy atom. The van der Waals surface area contributed by atoms with Crippen LogP contribution in [0.5, 0.6) is 0 Å². The third kappa shape index (κ3) is 4.57. The van der Waals surface area contributed by atoms with Crippen molar-refractivity contribution < 1.29 is 4.79 Å². The maximum Gasteiger partial charge on any atom is 0.217 e. The van der Waals surface area contributed by atoms with Crippen molar-refractivity contribution >= 4 is 17.5 Å². The number of anilines is 2. The molecule has 1 amide bonds. The highest BCUT2D eigenvalue weighted by molar-refractivity contribution is 5.73. The number of unbranched alkanes of at least 4 members (excludes halogenated alkanes) is 1. The van der Waals surface area contributed by atoms with E-state index in [1.807, 2.05) is 0 Å². The molecule has 0 bridgehead atoms. The van der Waals surface area contributed by atoms with Crippen LogP contribution in [0.15, 0.2) is 6.33 Å². The van der Waals surface area contributed by atoms with Gasteiger partial charge >= 0.3 is 0 Å². The zero-order chi connectivity index (χ0) is 13.4. The Labute approximate surface area is 107 Å². The fourth-order valence-electron chi connectivity index (χ4n) is 1.71. The lowest BCUT2D eigenvalue weighted by atomic mass is 10.1. The van der Waals surface area contributed by atoms with Crippen LogP contribution in [0.4, 0.5) is 11.6 Å². The highest BCUT2D eigenvalue weighted by atomic mass is 16.1. The number of hydrogen-bond donors (Lipinski definition) is 3. The minimum atomic E-state index is -0.257. The van der Waals surface area contributed by atoms with Gasteiger partial charge in [0.15, 0.2) is 0 Å². The van der Waals surface area contributed by atoms with Gasteiger partial charge in [-0.3, -0.25) is 4.79 Å². The van der Waals surface area contributed by atoms with Gasteiger partial charge < -0.3 is 16.8 Å². The molecular formula is C12H21N5O. The molecule has 0 radical (unpaired) electrons. The average Bonchev–Trinajstić information content (AvgIpc) is 2.32. The molecule has 18 heavy (non-hydrogen) atoms. The van der Waals surface area contributed by atoms with Gasteiger partial charge in [0.25, 0.3) is 0 Å². The standard InChI is InChI=1S/C12H21N5O/c1-2-5-9-11(14)16-8-17-12(9)15-7-4-3-6-10(13)18/h8H,2-7H2,1H3,(H2,13,18)(H3,14,15,16,17). The number of carbonyl (C=O) groups excluding carboxylic acids is 1. The summed E-state index contributed by atoms with van der Waals surface area (Å²) >= 11 is 0. The topological polar surface area (TPSA) is 107 Å². The Morgan fingerprint density at radius 1 is 1.39 bits per heavy atom. The summed E-state index contributed by atoms with van der Waals surface area (Å²) in [5.41, 5.74) is 11.9. The van der Waals surface area contributed by atoms with E-state index < -0.39 is 0 Å². The Balaban J connectivity index is 2.46. The molecule has 100 valence electrons. The van der Waals surface area contributed by atoms with Gasteiger partial charge in [0.2, 0.25) is 5.91 Å². The number of nitrogens with zero attached hydrogens (tertiary/aromatic N) is 2. The van der Waals surface area contributed by atoms with Crippen LogP contribution in [0.2, 0.25) is 0 Å². The second-order valence-corrected chi connectivity index (χ2v) is 4.19.